The molecule has 5 nitrogen and oxygen atoms in total. The number of hydrogen-bond donors (Lipinski definition) is 2. The number of hydrogen-bond acceptors (Lipinski definition) is 4. The molecule has 0 aromatic heterocycles. The molecule has 5 heteroatoms. The molecule has 0 bridgehead atoms. The molecule has 1 amide bonds. The summed E-state index contributed by atoms with van der Waals surface area (Å²) in [6.07, 6.45) is 0. The third kappa shape index (κ3) is 5.09. The Kier molecular flexibility index (Phi) is 7.34. The summed E-state index contributed by atoms with van der Waals surface area (Å²) in [6.45, 7) is 11.4. The summed E-state index contributed by atoms with van der Waals surface area (Å²) >= 11 is 0. The number of likely N-dealkylation sites (N-methyl/N-ethyl adjacent to an activating group) is 1. The second kappa shape index (κ2) is 8.51. The van der Waals surface area contributed by atoms with E-state index in [1.807, 2.05) is 13.8 Å². The highest BCUT2D eigenvalue weighted by Gasteiger charge is 2.34. The quantitative estimate of drug-likeness (QED) is 0.686. The van der Waals surface area contributed by atoms with Crippen molar-refractivity contribution in [1.82, 2.24) is 10.6 Å². The molecule has 0 aromatic rings. The molecule has 3 atom stereocenters. The van der Waals surface area contributed by atoms with Crippen molar-refractivity contribution < 1.29 is 14.3 Å². The van der Waals surface area contributed by atoms with E-state index in [1.54, 1.807) is 0 Å². The molecule has 0 aromatic carbocycles. The average molecular weight is 272 g/mol. The predicted molar refractivity (Wildman–Crippen MR) is 75.0 cm³/mol. The lowest BCUT2D eigenvalue weighted by Gasteiger charge is -2.25. The van der Waals surface area contributed by atoms with E-state index in [0.717, 1.165) is 6.54 Å². The third-order valence-corrected chi connectivity index (χ3v) is 3.52. The first kappa shape index (κ1) is 16.4. The maximum atomic E-state index is 12.3. The molecule has 0 spiro atoms. The van der Waals surface area contributed by atoms with E-state index in [1.165, 1.54) is 0 Å². The van der Waals surface area contributed by atoms with Gasteiger partial charge in [-0.2, -0.15) is 0 Å². The van der Waals surface area contributed by atoms with Crippen molar-refractivity contribution in [2.75, 3.05) is 33.0 Å². The molecule has 2 N–H and O–H groups in total. The topological polar surface area (TPSA) is 59.6 Å². The fourth-order valence-electron chi connectivity index (χ4n) is 2.21. The van der Waals surface area contributed by atoms with Crippen LogP contribution in [0.3, 0.4) is 0 Å². The van der Waals surface area contributed by atoms with Gasteiger partial charge in [0, 0.05) is 12.6 Å². The van der Waals surface area contributed by atoms with Crippen molar-refractivity contribution in [2.45, 2.75) is 39.8 Å². The normalized spacial score (nSPS) is 24.7. The maximum Gasteiger partial charge on any atom is 0.227 e. The van der Waals surface area contributed by atoms with E-state index in [2.05, 4.69) is 24.5 Å². The van der Waals surface area contributed by atoms with Gasteiger partial charge in [0.25, 0.3) is 0 Å². The van der Waals surface area contributed by atoms with Crippen LogP contribution < -0.4 is 10.6 Å². The van der Waals surface area contributed by atoms with Crippen LogP contribution in [0.25, 0.3) is 0 Å². The highest BCUT2D eigenvalue weighted by atomic mass is 16.5. The summed E-state index contributed by atoms with van der Waals surface area (Å²) in [5.41, 5.74) is 0. The molecule has 0 aliphatic carbocycles. The lowest BCUT2D eigenvalue weighted by Crippen LogP contribution is -2.49. The summed E-state index contributed by atoms with van der Waals surface area (Å²) < 4.78 is 10.8. The van der Waals surface area contributed by atoms with Crippen molar-refractivity contribution >= 4 is 5.91 Å². The summed E-state index contributed by atoms with van der Waals surface area (Å²) in [6, 6.07) is 0.195. The van der Waals surface area contributed by atoms with Crippen LogP contribution in [0.5, 0.6) is 0 Å². The number of amides is 1. The van der Waals surface area contributed by atoms with Gasteiger partial charge in [0.2, 0.25) is 5.91 Å². The Balaban J connectivity index is 2.50. The Labute approximate surface area is 116 Å². The van der Waals surface area contributed by atoms with Crippen LogP contribution in [0, 0.1) is 11.8 Å². The van der Waals surface area contributed by atoms with Gasteiger partial charge in [0.1, 0.15) is 0 Å². The SMILES string of the molecule is CCNC1COCC1C(=O)NC(COCC)C(C)C. The Morgan fingerprint density at radius 1 is 1.37 bits per heavy atom. The van der Waals surface area contributed by atoms with Crippen molar-refractivity contribution in [3.05, 3.63) is 0 Å². The van der Waals surface area contributed by atoms with E-state index < -0.39 is 0 Å². The molecule has 1 heterocycles. The largest absolute Gasteiger partial charge is 0.380 e. The Hall–Kier alpha value is -0.650. The molecular formula is C14H28N2O3. The second-order valence-electron chi connectivity index (χ2n) is 5.33. The van der Waals surface area contributed by atoms with Crippen molar-refractivity contribution in [3.8, 4) is 0 Å². The number of nitrogens with one attached hydrogen (secondary N) is 2. The number of carbonyl (C=O) groups is 1. The Morgan fingerprint density at radius 3 is 2.68 bits per heavy atom. The van der Waals surface area contributed by atoms with Gasteiger partial charge in [-0.05, 0) is 19.4 Å². The van der Waals surface area contributed by atoms with E-state index in [-0.39, 0.29) is 23.9 Å². The first-order valence-corrected chi connectivity index (χ1v) is 7.29. The highest BCUT2D eigenvalue weighted by Crippen LogP contribution is 2.15. The van der Waals surface area contributed by atoms with Crippen molar-refractivity contribution in [3.63, 3.8) is 0 Å². The molecule has 19 heavy (non-hydrogen) atoms. The number of rotatable bonds is 8. The van der Waals surface area contributed by atoms with Gasteiger partial charge < -0.3 is 20.1 Å². The smallest absolute Gasteiger partial charge is 0.227 e. The Bertz CT molecular complexity index is 271. The zero-order valence-corrected chi connectivity index (χ0v) is 12.6. The molecule has 1 fully saturated rings. The van der Waals surface area contributed by atoms with Crippen LogP contribution in [-0.4, -0.2) is 51.0 Å². The monoisotopic (exact) mass is 272 g/mol. The average Bonchev–Trinajstić information content (AvgIpc) is 2.82. The molecule has 1 aliphatic heterocycles. The van der Waals surface area contributed by atoms with Gasteiger partial charge in [-0.15, -0.1) is 0 Å². The van der Waals surface area contributed by atoms with Gasteiger partial charge in [-0.1, -0.05) is 20.8 Å². The molecule has 1 saturated heterocycles. The van der Waals surface area contributed by atoms with E-state index >= 15 is 0 Å². The van der Waals surface area contributed by atoms with Gasteiger partial charge >= 0.3 is 0 Å². The van der Waals surface area contributed by atoms with E-state index in [0.29, 0.717) is 32.3 Å². The standard InChI is InChI=1S/C14H28N2O3/c1-5-15-13-9-19-7-11(13)14(17)16-12(10(3)4)8-18-6-2/h10-13,15H,5-9H2,1-4H3,(H,16,17). The molecule has 112 valence electrons. The predicted octanol–water partition coefficient (Wildman–Crippen LogP) is 0.788. The number of carbonyl (C=O) groups excluding carboxylic acids is 1. The second-order valence-corrected chi connectivity index (χ2v) is 5.33. The minimum atomic E-state index is -0.0946. The zero-order chi connectivity index (χ0) is 14.3. The summed E-state index contributed by atoms with van der Waals surface area (Å²) in [5, 5.41) is 6.40. The van der Waals surface area contributed by atoms with Crippen LogP contribution in [0.15, 0.2) is 0 Å². The van der Waals surface area contributed by atoms with E-state index in [9.17, 15) is 4.79 Å². The molecular weight excluding hydrogens is 244 g/mol. The number of ether oxygens (including phenoxy) is 2. The summed E-state index contributed by atoms with van der Waals surface area (Å²) in [7, 11) is 0. The van der Waals surface area contributed by atoms with Crippen LogP contribution in [0.4, 0.5) is 0 Å². The van der Waals surface area contributed by atoms with Gasteiger partial charge in [-0.25, -0.2) is 0 Å². The maximum absolute atomic E-state index is 12.3. The summed E-state index contributed by atoms with van der Waals surface area (Å²) in [4.78, 5) is 12.3. The molecule has 3 unspecified atom stereocenters. The third-order valence-electron chi connectivity index (χ3n) is 3.52. The van der Waals surface area contributed by atoms with Gasteiger partial charge in [0.15, 0.2) is 0 Å². The first-order valence-electron chi connectivity index (χ1n) is 7.29. The van der Waals surface area contributed by atoms with Crippen molar-refractivity contribution in [1.29, 1.82) is 0 Å². The molecule has 1 rings (SSSR count). The van der Waals surface area contributed by atoms with Crippen molar-refractivity contribution in [2.24, 2.45) is 11.8 Å². The van der Waals surface area contributed by atoms with Gasteiger partial charge in [-0.3, -0.25) is 4.79 Å². The van der Waals surface area contributed by atoms with E-state index in [4.69, 9.17) is 9.47 Å². The molecule has 0 radical (unpaired) electrons. The summed E-state index contributed by atoms with van der Waals surface area (Å²) in [5.74, 6) is 0.333. The lowest BCUT2D eigenvalue weighted by molar-refractivity contribution is -0.127. The first-order chi connectivity index (χ1) is 9.10. The highest BCUT2D eigenvalue weighted by molar-refractivity contribution is 5.80. The molecule has 1 aliphatic rings. The van der Waals surface area contributed by atoms with Crippen LogP contribution >= 0.6 is 0 Å². The van der Waals surface area contributed by atoms with Crippen LogP contribution in [0.2, 0.25) is 0 Å². The molecule has 0 saturated carbocycles. The minimum Gasteiger partial charge on any atom is -0.380 e. The fraction of sp³-hybridized carbons (Fsp3) is 0.929. The minimum absolute atomic E-state index is 0.0651. The Morgan fingerprint density at radius 2 is 2.11 bits per heavy atom. The van der Waals surface area contributed by atoms with Crippen LogP contribution in [-0.2, 0) is 14.3 Å². The van der Waals surface area contributed by atoms with Gasteiger partial charge in [0.05, 0.1) is 31.8 Å². The fourth-order valence-corrected chi connectivity index (χ4v) is 2.21. The lowest BCUT2D eigenvalue weighted by atomic mass is 10.00. The van der Waals surface area contributed by atoms with Crippen LogP contribution in [0.1, 0.15) is 27.7 Å². The zero-order valence-electron chi connectivity index (χ0n) is 12.6.